The number of aliphatic hydroxyl groups is 3. The Kier molecular flexibility index (Phi) is 13.6. The summed E-state index contributed by atoms with van der Waals surface area (Å²) in [6, 6.07) is 0.561. The maximum Gasteiger partial charge on any atom is 0.312 e. The van der Waals surface area contributed by atoms with Crippen molar-refractivity contribution in [2.45, 2.75) is 110 Å². The number of aromatic hydroxyl groups is 3. The third kappa shape index (κ3) is 8.47. The topological polar surface area (TPSA) is 214 Å². The number of allylic oxidation sites excluding steroid dienone is 2. The lowest BCUT2D eigenvalue weighted by molar-refractivity contribution is -0.112. The number of nitrogens with zero attached hydrogens (tertiary/aromatic N) is 3. The summed E-state index contributed by atoms with van der Waals surface area (Å²) in [5, 5.41) is 78.4. The highest BCUT2D eigenvalue weighted by atomic mass is 16.7. The number of piperazine rings is 1. The fourth-order valence-electron chi connectivity index (χ4n) is 9.08. The van der Waals surface area contributed by atoms with E-state index in [0.717, 1.165) is 13.1 Å². The van der Waals surface area contributed by atoms with Crippen LogP contribution < -0.4 is 10.1 Å². The van der Waals surface area contributed by atoms with Gasteiger partial charge in [0.05, 0.1) is 59.1 Å². The van der Waals surface area contributed by atoms with Crippen molar-refractivity contribution in [2.75, 3.05) is 38.6 Å². The van der Waals surface area contributed by atoms with E-state index in [1.165, 1.54) is 71.3 Å². The minimum atomic E-state index is -2.01. The minimum absolute atomic E-state index is 0.0742. The number of ether oxygens (including phenoxy) is 3. The van der Waals surface area contributed by atoms with Crippen LogP contribution >= 0.6 is 0 Å². The molecule has 5 aliphatic rings. The maximum atomic E-state index is 14.4. The van der Waals surface area contributed by atoms with Crippen molar-refractivity contribution < 1.29 is 54.4 Å². The van der Waals surface area contributed by atoms with Crippen molar-refractivity contribution in [1.29, 1.82) is 0 Å². The number of anilines is 1. The van der Waals surface area contributed by atoms with Gasteiger partial charge < -0.3 is 50.2 Å². The largest absolute Gasteiger partial charge is 0.507 e. The van der Waals surface area contributed by atoms with E-state index in [1.54, 1.807) is 46.8 Å². The molecule has 7 rings (SSSR count). The van der Waals surface area contributed by atoms with Gasteiger partial charge in [0.15, 0.2) is 5.75 Å². The average Bonchev–Trinajstić information content (AvgIpc) is 3.87. The van der Waals surface area contributed by atoms with Crippen LogP contribution in [0.5, 0.6) is 23.0 Å². The molecule has 2 aromatic carbocycles. The molecule has 1 saturated heterocycles. The Bertz CT molecular complexity index is 2070. The molecule has 1 amide bonds. The van der Waals surface area contributed by atoms with Crippen LogP contribution in [0.15, 0.2) is 41.2 Å². The molecule has 4 heterocycles. The van der Waals surface area contributed by atoms with Crippen molar-refractivity contribution in [1.82, 2.24) is 9.91 Å². The zero-order chi connectivity index (χ0) is 43.8. The molecule has 5 bridgehead atoms. The molecule has 4 aliphatic heterocycles. The van der Waals surface area contributed by atoms with Crippen LogP contribution in [0.3, 0.4) is 0 Å². The smallest absolute Gasteiger partial charge is 0.312 e. The van der Waals surface area contributed by atoms with Gasteiger partial charge in [-0.3, -0.25) is 19.5 Å². The Morgan fingerprint density at radius 1 is 0.867 bits per heavy atom. The molecule has 2 fully saturated rings. The number of carbonyl (C=O) groups excluding carboxylic acids is 2. The van der Waals surface area contributed by atoms with Crippen LogP contribution in [0.25, 0.3) is 10.8 Å². The van der Waals surface area contributed by atoms with E-state index >= 15 is 0 Å². The van der Waals surface area contributed by atoms with E-state index in [-0.39, 0.29) is 44.5 Å². The first-order valence-corrected chi connectivity index (χ1v) is 21.0. The van der Waals surface area contributed by atoms with Crippen LogP contribution in [-0.4, -0.2) is 128 Å². The standard InChI is InChI=1S/C45H62N4O11/c1-23-12-11-13-24(2)44(57)47-35-30(22-46-49-19-17-48(18-20-49)29-14-9-10-15-29)40(54)32-33(41(35)55)39(53)28(6)42-34(32)43(56)45(7,60-42)59-21-16-31(58-8)25(3)37(51)27(5)38(52)26(4)36(23)50/h11-13,16,21-23,25-27,29,31,36-38,50-55H,9-10,14-15,17-20H2,1-8H3,(H,47,57)/b12-11-,21-16-,24-13-,46-22+. The zero-order valence-corrected chi connectivity index (χ0v) is 35.9. The molecule has 328 valence electrons. The van der Waals surface area contributed by atoms with Crippen LogP contribution in [-0.2, 0) is 14.3 Å². The Balaban J connectivity index is 1.46. The quantitative estimate of drug-likeness (QED) is 0.122. The highest BCUT2D eigenvalue weighted by Crippen LogP contribution is 2.55. The van der Waals surface area contributed by atoms with Gasteiger partial charge in [-0.1, -0.05) is 58.8 Å². The molecule has 2 aromatic rings. The molecular weight excluding hydrogens is 773 g/mol. The summed E-state index contributed by atoms with van der Waals surface area (Å²) in [6.07, 6.45) is 9.71. The number of nitrogens with one attached hydrogen (secondary N) is 1. The third-order valence-electron chi connectivity index (χ3n) is 13.3. The Morgan fingerprint density at radius 2 is 1.50 bits per heavy atom. The van der Waals surface area contributed by atoms with Gasteiger partial charge in [0.25, 0.3) is 11.7 Å². The van der Waals surface area contributed by atoms with Gasteiger partial charge in [-0.15, -0.1) is 0 Å². The van der Waals surface area contributed by atoms with Gasteiger partial charge in [-0.2, -0.15) is 5.10 Å². The number of phenols is 3. The molecule has 9 unspecified atom stereocenters. The molecule has 7 N–H and O–H groups in total. The molecular formula is C45H62N4O11. The van der Waals surface area contributed by atoms with Gasteiger partial charge in [-0.25, -0.2) is 0 Å². The average molecular weight is 835 g/mol. The molecule has 15 heteroatoms. The summed E-state index contributed by atoms with van der Waals surface area (Å²) in [4.78, 5) is 30.7. The number of fused-ring (bicyclic) bond motifs is 14. The van der Waals surface area contributed by atoms with Crippen molar-refractivity contribution in [3.8, 4) is 23.0 Å². The molecule has 60 heavy (non-hydrogen) atoms. The van der Waals surface area contributed by atoms with Crippen LogP contribution in [0, 0.1) is 30.6 Å². The number of amides is 1. The summed E-state index contributed by atoms with van der Waals surface area (Å²) in [5.41, 5.74) is -0.233. The first-order valence-electron chi connectivity index (χ1n) is 21.0. The highest BCUT2D eigenvalue weighted by molar-refractivity contribution is 6.23. The number of hydrogen-bond acceptors (Lipinski definition) is 14. The number of carbonyl (C=O) groups is 2. The predicted octanol–water partition coefficient (Wildman–Crippen LogP) is 5.08. The fraction of sp³-hybridized carbons (Fsp3) is 0.578. The lowest BCUT2D eigenvalue weighted by Crippen LogP contribution is -2.47. The monoisotopic (exact) mass is 834 g/mol. The summed E-state index contributed by atoms with van der Waals surface area (Å²) >= 11 is 0. The van der Waals surface area contributed by atoms with Crippen molar-refractivity contribution >= 4 is 34.4 Å². The Hall–Kier alpha value is -4.67. The molecule has 0 aromatic heterocycles. The Morgan fingerprint density at radius 3 is 2.15 bits per heavy atom. The summed E-state index contributed by atoms with van der Waals surface area (Å²) in [7, 11) is 1.45. The van der Waals surface area contributed by atoms with E-state index in [9.17, 15) is 40.2 Å². The highest BCUT2D eigenvalue weighted by Gasteiger charge is 2.50. The number of ketones is 1. The summed E-state index contributed by atoms with van der Waals surface area (Å²) < 4.78 is 17.8. The first kappa shape index (κ1) is 44.9. The third-order valence-corrected chi connectivity index (χ3v) is 13.3. The number of methoxy groups -OCH3 is 1. The SMILES string of the molecule is COC1/C=C\OC2(C)Oc3c(C)c(O)c4c(O)c(c(/C=N/N5CCN(C6CCCC6)CC5)c(O)c4c3C2=O)NC(=O)/C(C)=C\C=C/C(C)C(O)C(C)C(O)C(C)C(O)C1C. The lowest BCUT2D eigenvalue weighted by atomic mass is 9.78. The lowest BCUT2D eigenvalue weighted by Gasteiger charge is -2.36. The maximum absolute atomic E-state index is 14.4. The summed E-state index contributed by atoms with van der Waals surface area (Å²) in [6.45, 7) is 14.1. The van der Waals surface area contributed by atoms with Gasteiger partial charge in [-0.05, 0) is 32.8 Å². The number of rotatable bonds is 4. The number of phenolic OH excluding ortho intramolecular Hbond substituents is 3. The number of Topliss-reactive ketones (excluding diaryl/α,β-unsaturated/α-hetero) is 1. The second-order valence-corrected chi connectivity index (χ2v) is 17.2. The van der Waals surface area contributed by atoms with Crippen LogP contribution in [0.4, 0.5) is 5.69 Å². The van der Waals surface area contributed by atoms with E-state index in [0.29, 0.717) is 19.1 Å². The molecule has 1 aliphatic carbocycles. The second-order valence-electron chi connectivity index (χ2n) is 17.2. The molecule has 1 saturated carbocycles. The minimum Gasteiger partial charge on any atom is -0.507 e. The van der Waals surface area contributed by atoms with E-state index in [2.05, 4.69) is 15.3 Å². The van der Waals surface area contributed by atoms with E-state index in [1.807, 2.05) is 5.01 Å². The normalized spacial score (nSPS) is 33.5. The van der Waals surface area contributed by atoms with Crippen LogP contribution in [0.1, 0.15) is 88.7 Å². The van der Waals surface area contributed by atoms with Crippen LogP contribution in [0.2, 0.25) is 0 Å². The first-order chi connectivity index (χ1) is 28.4. The Labute approximate surface area is 351 Å². The fourth-order valence-corrected chi connectivity index (χ4v) is 9.08. The molecule has 0 spiro atoms. The van der Waals surface area contributed by atoms with Gasteiger partial charge in [0.1, 0.15) is 17.2 Å². The number of hydrogen-bond donors (Lipinski definition) is 7. The predicted molar refractivity (Wildman–Crippen MR) is 227 cm³/mol. The van der Waals surface area contributed by atoms with Crippen molar-refractivity contribution in [3.05, 3.63) is 52.8 Å². The van der Waals surface area contributed by atoms with E-state index < -0.39 is 82.8 Å². The number of hydrazone groups is 1. The molecule has 0 radical (unpaired) electrons. The van der Waals surface area contributed by atoms with Crippen molar-refractivity contribution in [3.63, 3.8) is 0 Å². The van der Waals surface area contributed by atoms with Gasteiger partial charge >= 0.3 is 5.79 Å². The molecule has 9 atom stereocenters. The molecule has 15 nitrogen and oxygen atoms in total. The van der Waals surface area contributed by atoms with Gasteiger partial charge in [0.2, 0.25) is 0 Å². The zero-order valence-electron chi connectivity index (χ0n) is 35.9. The van der Waals surface area contributed by atoms with Gasteiger partial charge in [0, 0.05) is 86.4 Å². The number of benzene rings is 2. The van der Waals surface area contributed by atoms with Crippen molar-refractivity contribution in [2.24, 2.45) is 28.8 Å². The van der Waals surface area contributed by atoms with E-state index in [4.69, 9.17) is 14.2 Å². The summed E-state index contributed by atoms with van der Waals surface area (Å²) in [5.74, 6) is -7.52. The number of aliphatic hydroxyl groups excluding tert-OH is 3. The second kappa shape index (κ2) is 18.1.